The Kier molecular flexibility index (Phi) is 2.82. The van der Waals surface area contributed by atoms with Crippen LogP contribution in [0.15, 0.2) is 24.3 Å². The maximum absolute atomic E-state index is 11.8. The number of amides is 1. The minimum Gasteiger partial charge on any atom is -0.397 e. The topological polar surface area (TPSA) is 80.9 Å². The van der Waals surface area contributed by atoms with Crippen LogP contribution in [0.4, 0.5) is 11.4 Å². The van der Waals surface area contributed by atoms with Crippen molar-refractivity contribution in [3.8, 4) is 0 Å². The Morgan fingerprint density at radius 2 is 2.19 bits per heavy atom. The SMILES string of the molecule is Cc1nnsc1C(=O)Nc1ccccc1N. The zero-order valence-corrected chi connectivity index (χ0v) is 9.41. The predicted molar refractivity (Wildman–Crippen MR) is 63.5 cm³/mol. The molecule has 0 fully saturated rings. The lowest BCUT2D eigenvalue weighted by Gasteiger charge is -2.06. The van der Waals surface area contributed by atoms with Crippen LogP contribution in [0.3, 0.4) is 0 Å². The lowest BCUT2D eigenvalue weighted by atomic mass is 10.2. The summed E-state index contributed by atoms with van der Waals surface area (Å²) >= 11 is 1.07. The summed E-state index contributed by atoms with van der Waals surface area (Å²) < 4.78 is 3.71. The van der Waals surface area contributed by atoms with E-state index in [1.807, 2.05) is 12.1 Å². The highest BCUT2D eigenvalue weighted by Gasteiger charge is 2.13. The van der Waals surface area contributed by atoms with Crippen LogP contribution >= 0.6 is 11.5 Å². The molecule has 5 nitrogen and oxygen atoms in total. The minimum absolute atomic E-state index is 0.231. The molecular formula is C10H10N4OS. The molecule has 2 aromatic rings. The van der Waals surface area contributed by atoms with Crippen molar-refractivity contribution in [2.75, 3.05) is 11.1 Å². The number of hydrogen-bond acceptors (Lipinski definition) is 5. The smallest absolute Gasteiger partial charge is 0.269 e. The molecule has 0 unspecified atom stereocenters. The average Bonchev–Trinajstić information content (AvgIpc) is 2.68. The van der Waals surface area contributed by atoms with E-state index in [9.17, 15) is 4.79 Å². The largest absolute Gasteiger partial charge is 0.397 e. The second-order valence-electron chi connectivity index (χ2n) is 3.23. The maximum atomic E-state index is 11.8. The van der Waals surface area contributed by atoms with E-state index in [1.54, 1.807) is 19.1 Å². The van der Waals surface area contributed by atoms with Gasteiger partial charge in [0.2, 0.25) is 0 Å². The van der Waals surface area contributed by atoms with Crippen molar-refractivity contribution in [3.05, 3.63) is 34.8 Å². The molecule has 1 amide bonds. The van der Waals surface area contributed by atoms with Gasteiger partial charge in [0.15, 0.2) is 0 Å². The summed E-state index contributed by atoms with van der Waals surface area (Å²) in [7, 11) is 0. The normalized spacial score (nSPS) is 10.1. The lowest BCUT2D eigenvalue weighted by Crippen LogP contribution is -2.12. The zero-order chi connectivity index (χ0) is 11.5. The number of nitrogen functional groups attached to an aromatic ring is 1. The van der Waals surface area contributed by atoms with Gasteiger partial charge in [-0.05, 0) is 30.6 Å². The lowest BCUT2D eigenvalue weighted by molar-refractivity contribution is 0.103. The van der Waals surface area contributed by atoms with E-state index < -0.39 is 0 Å². The van der Waals surface area contributed by atoms with Gasteiger partial charge in [0.25, 0.3) is 5.91 Å². The monoisotopic (exact) mass is 234 g/mol. The second-order valence-corrected chi connectivity index (χ2v) is 3.98. The fraction of sp³-hybridized carbons (Fsp3) is 0.100. The minimum atomic E-state index is -0.231. The fourth-order valence-corrected chi connectivity index (χ4v) is 1.78. The quantitative estimate of drug-likeness (QED) is 0.775. The number of nitrogens with one attached hydrogen (secondary N) is 1. The van der Waals surface area contributed by atoms with Gasteiger partial charge in [-0.25, -0.2) is 0 Å². The first-order chi connectivity index (χ1) is 7.68. The van der Waals surface area contributed by atoms with E-state index in [1.165, 1.54) is 0 Å². The van der Waals surface area contributed by atoms with Crippen molar-refractivity contribution in [2.45, 2.75) is 6.92 Å². The molecule has 0 aliphatic heterocycles. The highest BCUT2D eigenvalue weighted by Crippen LogP contribution is 2.19. The van der Waals surface area contributed by atoms with Crippen LogP contribution in [-0.2, 0) is 0 Å². The Labute approximate surface area is 96.5 Å². The molecule has 3 N–H and O–H groups in total. The molecule has 0 bridgehead atoms. The molecule has 0 aliphatic carbocycles. The molecule has 16 heavy (non-hydrogen) atoms. The zero-order valence-electron chi connectivity index (χ0n) is 8.60. The second kappa shape index (κ2) is 4.28. The summed E-state index contributed by atoms with van der Waals surface area (Å²) in [6.07, 6.45) is 0. The van der Waals surface area contributed by atoms with Crippen LogP contribution in [0.25, 0.3) is 0 Å². The molecule has 1 aromatic carbocycles. The van der Waals surface area contributed by atoms with Gasteiger partial charge in [-0.2, -0.15) is 0 Å². The number of carbonyl (C=O) groups excluding carboxylic acids is 1. The number of rotatable bonds is 2. The van der Waals surface area contributed by atoms with E-state index in [-0.39, 0.29) is 5.91 Å². The number of hydrogen-bond donors (Lipinski definition) is 2. The van der Waals surface area contributed by atoms with Crippen LogP contribution in [0, 0.1) is 6.92 Å². The molecule has 0 spiro atoms. The Balaban J connectivity index is 2.21. The average molecular weight is 234 g/mol. The Morgan fingerprint density at radius 1 is 1.44 bits per heavy atom. The van der Waals surface area contributed by atoms with Crippen molar-refractivity contribution in [2.24, 2.45) is 0 Å². The highest BCUT2D eigenvalue weighted by molar-refractivity contribution is 7.08. The highest BCUT2D eigenvalue weighted by atomic mass is 32.1. The van der Waals surface area contributed by atoms with Crippen LogP contribution in [0.5, 0.6) is 0 Å². The van der Waals surface area contributed by atoms with E-state index in [2.05, 4.69) is 14.9 Å². The van der Waals surface area contributed by atoms with Crippen molar-refractivity contribution < 1.29 is 4.79 Å². The molecule has 0 saturated carbocycles. The molecular weight excluding hydrogens is 224 g/mol. The summed E-state index contributed by atoms with van der Waals surface area (Å²) in [6, 6.07) is 7.10. The third-order valence-electron chi connectivity index (χ3n) is 2.07. The summed E-state index contributed by atoms with van der Waals surface area (Å²) in [5.74, 6) is -0.231. The van der Waals surface area contributed by atoms with Crippen molar-refractivity contribution in [1.29, 1.82) is 0 Å². The number of nitrogens with two attached hydrogens (primary N) is 1. The first-order valence-electron chi connectivity index (χ1n) is 4.63. The number of benzene rings is 1. The van der Waals surface area contributed by atoms with E-state index >= 15 is 0 Å². The standard InChI is InChI=1S/C10H10N4OS/c1-6-9(16-14-13-6)10(15)12-8-5-3-2-4-7(8)11/h2-5H,11H2,1H3,(H,12,15). The van der Waals surface area contributed by atoms with Crippen LogP contribution in [0.2, 0.25) is 0 Å². The van der Waals surface area contributed by atoms with Crippen molar-refractivity contribution in [3.63, 3.8) is 0 Å². The first-order valence-corrected chi connectivity index (χ1v) is 5.40. The summed E-state index contributed by atoms with van der Waals surface area (Å²) in [5.41, 5.74) is 7.47. The third kappa shape index (κ3) is 2.01. The summed E-state index contributed by atoms with van der Waals surface area (Å²) in [4.78, 5) is 12.3. The molecule has 0 saturated heterocycles. The number of anilines is 2. The van der Waals surface area contributed by atoms with Crippen molar-refractivity contribution in [1.82, 2.24) is 9.59 Å². The van der Waals surface area contributed by atoms with Crippen LogP contribution < -0.4 is 11.1 Å². The molecule has 6 heteroatoms. The fourth-order valence-electron chi connectivity index (χ4n) is 1.23. The van der Waals surface area contributed by atoms with Gasteiger partial charge in [0.05, 0.1) is 17.1 Å². The molecule has 82 valence electrons. The van der Waals surface area contributed by atoms with E-state index in [4.69, 9.17) is 5.73 Å². The molecule has 1 aromatic heterocycles. The van der Waals surface area contributed by atoms with Crippen LogP contribution in [0.1, 0.15) is 15.4 Å². The molecule has 2 rings (SSSR count). The maximum Gasteiger partial charge on any atom is 0.269 e. The van der Waals surface area contributed by atoms with Gasteiger partial charge >= 0.3 is 0 Å². The van der Waals surface area contributed by atoms with Gasteiger partial charge in [-0.1, -0.05) is 16.6 Å². The van der Waals surface area contributed by atoms with Gasteiger partial charge in [0, 0.05) is 0 Å². The number of para-hydroxylation sites is 2. The number of aryl methyl sites for hydroxylation is 1. The van der Waals surface area contributed by atoms with Gasteiger partial charge in [0.1, 0.15) is 4.88 Å². The summed E-state index contributed by atoms with van der Waals surface area (Å²) in [5, 5.41) is 6.50. The Hall–Kier alpha value is -1.95. The Bertz CT molecular complexity index is 523. The molecule has 0 atom stereocenters. The van der Waals surface area contributed by atoms with Gasteiger partial charge in [-0.3, -0.25) is 4.79 Å². The van der Waals surface area contributed by atoms with E-state index in [0.717, 1.165) is 11.5 Å². The van der Waals surface area contributed by atoms with Crippen LogP contribution in [-0.4, -0.2) is 15.5 Å². The molecule has 0 radical (unpaired) electrons. The number of aromatic nitrogens is 2. The Morgan fingerprint density at radius 3 is 2.81 bits per heavy atom. The molecule has 1 heterocycles. The van der Waals surface area contributed by atoms with Gasteiger partial charge in [-0.15, -0.1) is 5.10 Å². The third-order valence-corrected chi connectivity index (χ3v) is 2.89. The summed E-state index contributed by atoms with van der Waals surface area (Å²) in [6.45, 7) is 1.74. The van der Waals surface area contributed by atoms with E-state index in [0.29, 0.717) is 21.9 Å². The molecule has 0 aliphatic rings. The first kappa shape index (κ1) is 10.6. The number of nitrogens with zero attached hydrogens (tertiary/aromatic N) is 2. The van der Waals surface area contributed by atoms with Crippen molar-refractivity contribution >= 4 is 28.8 Å². The number of carbonyl (C=O) groups is 1. The van der Waals surface area contributed by atoms with Gasteiger partial charge < -0.3 is 11.1 Å². The predicted octanol–water partition coefficient (Wildman–Crippen LogP) is 1.68.